The second-order valence-corrected chi connectivity index (χ2v) is 5.66. The number of aromatic amines is 1. The zero-order chi connectivity index (χ0) is 14.0. The predicted molar refractivity (Wildman–Crippen MR) is 80.9 cm³/mol. The van der Waals surface area contributed by atoms with Crippen molar-refractivity contribution in [2.45, 2.75) is 37.0 Å². The van der Waals surface area contributed by atoms with Gasteiger partial charge in [0, 0.05) is 15.5 Å². The molecular formula is C15H18N2OS. The molecule has 3 nitrogen and oxygen atoms in total. The van der Waals surface area contributed by atoms with Crippen molar-refractivity contribution in [1.82, 2.24) is 4.98 Å². The Balaban J connectivity index is 2.53. The maximum atomic E-state index is 11.8. The average molecular weight is 274 g/mol. The smallest absolute Gasteiger partial charge is 0.272 e. The molecule has 0 amide bonds. The van der Waals surface area contributed by atoms with Gasteiger partial charge >= 0.3 is 0 Å². The zero-order valence-corrected chi connectivity index (χ0v) is 12.2. The third-order valence-corrected chi connectivity index (χ3v) is 4.24. The van der Waals surface area contributed by atoms with Crippen LogP contribution in [0.4, 0.5) is 5.69 Å². The summed E-state index contributed by atoms with van der Waals surface area (Å²) >= 11 is 1.56. The second-order valence-electron chi connectivity index (χ2n) is 4.57. The van der Waals surface area contributed by atoms with Gasteiger partial charge in [0.1, 0.15) is 5.69 Å². The van der Waals surface area contributed by atoms with Crippen molar-refractivity contribution in [2.75, 3.05) is 5.73 Å². The maximum absolute atomic E-state index is 11.8. The molecule has 0 atom stereocenters. The van der Waals surface area contributed by atoms with Gasteiger partial charge in [-0.05, 0) is 38.0 Å². The van der Waals surface area contributed by atoms with Crippen molar-refractivity contribution in [2.24, 2.45) is 0 Å². The first kappa shape index (κ1) is 13.7. The highest BCUT2D eigenvalue weighted by Crippen LogP contribution is 2.34. The highest BCUT2D eigenvalue weighted by molar-refractivity contribution is 7.99. The van der Waals surface area contributed by atoms with Crippen LogP contribution in [0, 0.1) is 13.8 Å². The summed E-state index contributed by atoms with van der Waals surface area (Å²) in [5, 5.41) is 0. The van der Waals surface area contributed by atoms with Crippen LogP contribution in [0.2, 0.25) is 0 Å². The number of nitrogens with two attached hydrogens (primary N) is 1. The lowest BCUT2D eigenvalue weighted by Gasteiger charge is -2.13. The van der Waals surface area contributed by atoms with Crippen LogP contribution in [0.15, 0.2) is 38.9 Å². The number of rotatable bonds is 3. The molecule has 2 aromatic rings. The van der Waals surface area contributed by atoms with E-state index in [0.29, 0.717) is 5.69 Å². The third-order valence-electron chi connectivity index (χ3n) is 3.08. The van der Waals surface area contributed by atoms with E-state index >= 15 is 0 Å². The number of pyridine rings is 1. The number of anilines is 1. The maximum Gasteiger partial charge on any atom is 0.272 e. The van der Waals surface area contributed by atoms with Crippen molar-refractivity contribution in [3.63, 3.8) is 0 Å². The van der Waals surface area contributed by atoms with E-state index in [9.17, 15) is 4.79 Å². The lowest BCUT2D eigenvalue weighted by molar-refractivity contribution is 0.981. The minimum Gasteiger partial charge on any atom is -0.393 e. The Hall–Kier alpha value is -1.68. The normalized spacial score (nSPS) is 10.7. The van der Waals surface area contributed by atoms with Gasteiger partial charge in [-0.1, -0.05) is 36.4 Å². The molecule has 1 heterocycles. The Morgan fingerprint density at radius 2 is 2.05 bits per heavy atom. The number of hydrogen-bond donors (Lipinski definition) is 2. The van der Waals surface area contributed by atoms with Gasteiger partial charge in [0.2, 0.25) is 0 Å². The lowest BCUT2D eigenvalue weighted by atomic mass is 10.1. The Bertz CT molecular complexity index is 662. The molecule has 0 aliphatic carbocycles. The molecule has 0 aliphatic heterocycles. The number of hydrogen-bond acceptors (Lipinski definition) is 3. The summed E-state index contributed by atoms with van der Waals surface area (Å²) in [6.07, 6.45) is 0.848. The van der Waals surface area contributed by atoms with Gasteiger partial charge in [0.25, 0.3) is 5.56 Å². The summed E-state index contributed by atoms with van der Waals surface area (Å²) < 4.78 is 0. The van der Waals surface area contributed by atoms with Crippen LogP contribution < -0.4 is 11.3 Å². The van der Waals surface area contributed by atoms with Crippen molar-refractivity contribution < 1.29 is 0 Å². The SMILES string of the molecule is CCc1c(C)[nH]c(=O)c(N)c1Sc1cccc(C)c1. The van der Waals surface area contributed by atoms with Gasteiger partial charge in [0.15, 0.2) is 0 Å². The molecule has 19 heavy (non-hydrogen) atoms. The van der Waals surface area contributed by atoms with Crippen LogP contribution in [-0.4, -0.2) is 4.98 Å². The molecule has 0 saturated carbocycles. The van der Waals surface area contributed by atoms with Gasteiger partial charge in [-0.3, -0.25) is 4.79 Å². The monoisotopic (exact) mass is 274 g/mol. The molecule has 0 fully saturated rings. The minimum atomic E-state index is -0.204. The molecule has 4 heteroatoms. The van der Waals surface area contributed by atoms with Crippen LogP contribution in [0.5, 0.6) is 0 Å². The van der Waals surface area contributed by atoms with Crippen molar-refractivity contribution in [3.8, 4) is 0 Å². The van der Waals surface area contributed by atoms with Crippen LogP contribution >= 0.6 is 11.8 Å². The average Bonchev–Trinajstić information content (AvgIpc) is 2.36. The summed E-state index contributed by atoms with van der Waals surface area (Å²) in [6.45, 7) is 6.04. The number of aryl methyl sites for hydroxylation is 2. The van der Waals surface area contributed by atoms with Gasteiger partial charge in [-0.15, -0.1) is 0 Å². The summed E-state index contributed by atoms with van der Waals surface area (Å²) in [5.74, 6) is 0. The number of H-pyrrole nitrogens is 1. The minimum absolute atomic E-state index is 0.204. The van der Waals surface area contributed by atoms with Crippen molar-refractivity contribution >= 4 is 17.4 Å². The lowest BCUT2D eigenvalue weighted by Crippen LogP contribution is -2.16. The first-order chi connectivity index (χ1) is 9.02. The van der Waals surface area contributed by atoms with E-state index in [-0.39, 0.29) is 5.56 Å². The summed E-state index contributed by atoms with van der Waals surface area (Å²) in [4.78, 5) is 16.6. The Labute approximate surface area is 117 Å². The Morgan fingerprint density at radius 3 is 2.68 bits per heavy atom. The highest BCUT2D eigenvalue weighted by atomic mass is 32.2. The molecule has 0 saturated heterocycles. The molecule has 0 spiro atoms. The second kappa shape index (κ2) is 5.53. The molecule has 1 aromatic heterocycles. The van der Waals surface area contributed by atoms with Crippen LogP contribution in [0.25, 0.3) is 0 Å². The topological polar surface area (TPSA) is 58.9 Å². The van der Waals surface area contributed by atoms with Crippen molar-refractivity contribution in [3.05, 3.63) is 51.4 Å². The van der Waals surface area contributed by atoms with Crippen LogP contribution in [0.3, 0.4) is 0 Å². The Kier molecular flexibility index (Phi) is 4.00. The molecule has 0 radical (unpaired) electrons. The summed E-state index contributed by atoms with van der Waals surface area (Å²) in [6, 6.07) is 8.20. The van der Waals surface area contributed by atoms with Crippen LogP contribution in [-0.2, 0) is 6.42 Å². The standard InChI is InChI=1S/C15H18N2OS/c1-4-12-10(3)17-15(18)13(16)14(12)19-11-7-5-6-9(2)8-11/h5-8H,4,16H2,1-3H3,(H,17,18). The summed E-state index contributed by atoms with van der Waals surface area (Å²) in [5.41, 5.74) is 9.27. The third kappa shape index (κ3) is 2.84. The van der Waals surface area contributed by atoms with Crippen LogP contribution in [0.1, 0.15) is 23.7 Å². The highest BCUT2D eigenvalue weighted by Gasteiger charge is 2.13. The fourth-order valence-corrected chi connectivity index (χ4v) is 3.34. The van der Waals surface area contributed by atoms with E-state index in [1.807, 2.05) is 19.1 Å². The quantitative estimate of drug-likeness (QED) is 0.903. The van der Waals surface area contributed by atoms with E-state index in [4.69, 9.17) is 5.73 Å². The van der Waals surface area contributed by atoms with Gasteiger partial charge < -0.3 is 10.7 Å². The number of nitrogens with one attached hydrogen (secondary N) is 1. The van der Waals surface area contributed by atoms with E-state index in [1.54, 1.807) is 11.8 Å². The molecule has 2 rings (SSSR count). The van der Waals surface area contributed by atoms with E-state index in [0.717, 1.165) is 27.5 Å². The number of benzene rings is 1. The first-order valence-corrected chi connectivity index (χ1v) is 7.10. The summed E-state index contributed by atoms with van der Waals surface area (Å²) in [7, 11) is 0. The van der Waals surface area contributed by atoms with E-state index in [2.05, 4.69) is 31.0 Å². The fourth-order valence-electron chi connectivity index (χ4n) is 2.09. The fraction of sp³-hybridized carbons (Fsp3) is 0.267. The van der Waals surface area contributed by atoms with Gasteiger partial charge in [0.05, 0.1) is 0 Å². The predicted octanol–water partition coefficient (Wildman–Crippen LogP) is 3.29. The molecule has 0 bridgehead atoms. The molecule has 0 aliphatic rings. The van der Waals surface area contributed by atoms with E-state index < -0.39 is 0 Å². The largest absolute Gasteiger partial charge is 0.393 e. The molecule has 1 aromatic carbocycles. The number of aromatic nitrogens is 1. The Morgan fingerprint density at radius 1 is 1.32 bits per heavy atom. The first-order valence-electron chi connectivity index (χ1n) is 6.28. The van der Waals surface area contributed by atoms with E-state index in [1.165, 1.54) is 5.56 Å². The molecule has 3 N–H and O–H groups in total. The molecule has 0 unspecified atom stereocenters. The molecular weight excluding hydrogens is 256 g/mol. The van der Waals surface area contributed by atoms with Gasteiger partial charge in [-0.2, -0.15) is 0 Å². The zero-order valence-electron chi connectivity index (χ0n) is 11.4. The molecule has 100 valence electrons. The number of nitrogen functional groups attached to an aromatic ring is 1. The van der Waals surface area contributed by atoms with Gasteiger partial charge in [-0.25, -0.2) is 0 Å². The van der Waals surface area contributed by atoms with Crippen molar-refractivity contribution in [1.29, 1.82) is 0 Å².